The van der Waals surface area contributed by atoms with Crippen LogP contribution in [0.5, 0.6) is 0 Å². The number of thiazole rings is 1. The fourth-order valence-corrected chi connectivity index (χ4v) is 4.70. The number of non-ortho nitro benzene ring substituents is 1. The Balaban J connectivity index is 0.00000341. The minimum atomic E-state index is -0.429. The van der Waals surface area contributed by atoms with Gasteiger partial charge in [-0.25, -0.2) is 4.98 Å². The highest BCUT2D eigenvalue weighted by molar-refractivity contribution is 8.00. The van der Waals surface area contributed by atoms with Gasteiger partial charge in [0.2, 0.25) is 5.91 Å². The molecule has 0 saturated carbocycles. The molecule has 3 aromatic rings. The maximum atomic E-state index is 13.0. The van der Waals surface area contributed by atoms with Gasteiger partial charge in [0.1, 0.15) is 0 Å². The average molecular weight is 501 g/mol. The predicted molar refractivity (Wildman–Crippen MR) is 131 cm³/mol. The fourth-order valence-electron chi connectivity index (χ4n) is 2.76. The van der Waals surface area contributed by atoms with Crippen molar-refractivity contribution in [2.75, 3.05) is 37.8 Å². The average Bonchev–Trinajstić information content (AvgIpc) is 3.13. The Morgan fingerprint density at radius 3 is 2.55 bits per heavy atom. The Labute approximate surface area is 199 Å². The summed E-state index contributed by atoms with van der Waals surface area (Å²) in [6.07, 6.45) is 0.792. The van der Waals surface area contributed by atoms with E-state index >= 15 is 0 Å². The summed E-state index contributed by atoms with van der Waals surface area (Å²) in [4.78, 5) is 32.9. The third-order valence-corrected chi connectivity index (χ3v) is 6.56. The fraction of sp³-hybridized carbons (Fsp3) is 0.300. The minimum absolute atomic E-state index is 0. The van der Waals surface area contributed by atoms with Gasteiger partial charge >= 0.3 is 0 Å². The van der Waals surface area contributed by atoms with Gasteiger partial charge in [-0.1, -0.05) is 22.9 Å². The van der Waals surface area contributed by atoms with E-state index in [1.807, 2.05) is 26.2 Å². The van der Waals surface area contributed by atoms with Crippen LogP contribution in [-0.2, 0) is 4.79 Å². The molecular weight excluding hydrogens is 479 g/mol. The topological polar surface area (TPSA) is 79.6 Å². The quantitative estimate of drug-likeness (QED) is 0.223. The number of amides is 1. The molecule has 11 heteroatoms. The van der Waals surface area contributed by atoms with Gasteiger partial charge in [0.05, 0.1) is 20.9 Å². The van der Waals surface area contributed by atoms with Crippen LogP contribution in [0.4, 0.5) is 10.8 Å². The van der Waals surface area contributed by atoms with E-state index in [1.165, 1.54) is 35.2 Å². The number of nitrogens with zero attached hydrogens (tertiary/aromatic N) is 4. The van der Waals surface area contributed by atoms with Crippen LogP contribution in [0.1, 0.15) is 6.42 Å². The Morgan fingerprint density at radius 2 is 1.90 bits per heavy atom. The van der Waals surface area contributed by atoms with E-state index in [4.69, 9.17) is 11.6 Å². The van der Waals surface area contributed by atoms with Gasteiger partial charge in [0, 0.05) is 28.6 Å². The van der Waals surface area contributed by atoms with Crippen LogP contribution >= 0.6 is 47.1 Å². The highest BCUT2D eigenvalue weighted by Gasteiger charge is 2.21. The van der Waals surface area contributed by atoms with E-state index in [-0.39, 0.29) is 29.8 Å². The molecule has 3 rings (SSSR count). The second-order valence-corrected chi connectivity index (χ2v) is 9.34. The van der Waals surface area contributed by atoms with Crippen LogP contribution in [-0.4, -0.2) is 53.7 Å². The van der Waals surface area contributed by atoms with Crippen LogP contribution in [0.15, 0.2) is 47.4 Å². The number of anilines is 1. The zero-order valence-electron chi connectivity index (χ0n) is 17.0. The van der Waals surface area contributed by atoms with Gasteiger partial charge in [-0.3, -0.25) is 19.8 Å². The first kappa shape index (κ1) is 25.4. The molecule has 2 aromatic carbocycles. The molecule has 1 amide bonds. The zero-order chi connectivity index (χ0) is 21.7. The summed E-state index contributed by atoms with van der Waals surface area (Å²) in [6.45, 7) is 1.37. The van der Waals surface area contributed by atoms with Crippen molar-refractivity contribution >= 4 is 74.0 Å². The van der Waals surface area contributed by atoms with Crippen molar-refractivity contribution in [1.29, 1.82) is 0 Å². The third-order valence-electron chi connectivity index (χ3n) is 4.27. The number of hydrogen-bond donors (Lipinski definition) is 0. The Hall–Kier alpha value is -1.91. The van der Waals surface area contributed by atoms with Crippen molar-refractivity contribution < 1.29 is 9.72 Å². The Kier molecular flexibility index (Phi) is 9.52. The Bertz CT molecular complexity index is 1040. The van der Waals surface area contributed by atoms with Crippen molar-refractivity contribution in [3.63, 3.8) is 0 Å². The van der Waals surface area contributed by atoms with Crippen LogP contribution in [0.2, 0.25) is 5.02 Å². The number of hydrogen-bond acceptors (Lipinski definition) is 7. The number of aromatic nitrogens is 1. The lowest BCUT2D eigenvalue weighted by atomic mass is 10.3. The molecule has 1 aromatic heterocycles. The van der Waals surface area contributed by atoms with Crippen LogP contribution in [0.25, 0.3) is 10.2 Å². The molecule has 0 N–H and O–H groups in total. The largest absolute Gasteiger partial charge is 0.309 e. The SMILES string of the molecule is CN(C)CCCN(C(=O)CSc1ccc(Cl)cc1)c1nc2ccc([N+](=O)[O-])cc2s1.Cl. The molecule has 166 valence electrons. The summed E-state index contributed by atoms with van der Waals surface area (Å²) in [6, 6.07) is 11.9. The molecular formula is C20H22Cl2N4O3S2. The molecule has 7 nitrogen and oxygen atoms in total. The van der Waals surface area contributed by atoms with E-state index in [9.17, 15) is 14.9 Å². The van der Waals surface area contributed by atoms with Gasteiger partial charge in [-0.15, -0.1) is 24.2 Å². The Morgan fingerprint density at radius 1 is 1.19 bits per heavy atom. The first-order valence-corrected chi connectivity index (χ1v) is 11.4. The number of thioether (sulfide) groups is 1. The number of rotatable bonds is 9. The summed E-state index contributed by atoms with van der Waals surface area (Å²) < 4.78 is 0.690. The second-order valence-electron chi connectivity index (χ2n) is 6.85. The maximum absolute atomic E-state index is 13.0. The van der Waals surface area contributed by atoms with Gasteiger partial charge in [-0.2, -0.15) is 0 Å². The second kappa shape index (κ2) is 11.6. The summed E-state index contributed by atoms with van der Waals surface area (Å²) in [5.74, 6) is 0.210. The number of halogens is 2. The summed E-state index contributed by atoms with van der Waals surface area (Å²) in [5, 5.41) is 12.3. The normalized spacial score (nSPS) is 10.8. The molecule has 0 radical (unpaired) electrons. The van der Waals surface area contributed by atoms with E-state index in [2.05, 4.69) is 9.88 Å². The van der Waals surface area contributed by atoms with E-state index in [0.717, 1.165) is 17.9 Å². The lowest BCUT2D eigenvalue weighted by molar-refractivity contribution is -0.384. The van der Waals surface area contributed by atoms with Crippen LogP contribution in [0.3, 0.4) is 0 Å². The van der Waals surface area contributed by atoms with Crippen LogP contribution in [0, 0.1) is 10.1 Å². The van der Waals surface area contributed by atoms with E-state index < -0.39 is 4.92 Å². The number of carbonyl (C=O) groups excluding carboxylic acids is 1. The standard InChI is InChI=1S/C20H21ClN4O3S2.ClH/c1-23(2)10-3-11-24(19(26)13-29-16-7-4-14(21)5-8-16)20-22-17-9-6-15(25(27)28)12-18(17)30-20;/h4-9,12H,3,10-11,13H2,1-2H3;1H. The van der Waals surface area contributed by atoms with E-state index in [1.54, 1.807) is 23.1 Å². The van der Waals surface area contributed by atoms with Crippen LogP contribution < -0.4 is 4.90 Å². The van der Waals surface area contributed by atoms with E-state index in [0.29, 0.717) is 26.9 Å². The van der Waals surface area contributed by atoms with Crippen molar-refractivity contribution in [3.05, 3.63) is 57.6 Å². The lowest BCUT2D eigenvalue weighted by Gasteiger charge is -2.21. The molecule has 0 aliphatic heterocycles. The number of carbonyl (C=O) groups is 1. The predicted octanol–water partition coefficient (Wildman–Crippen LogP) is 5.36. The van der Waals surface area contributed by atoms with Crippen molar-refractivity contribution in [2.45, 2.75) is 11.3 Å². The van der Waals surface area contributed by atoms with Crippen molar-refractivity contribution in [3.8, 4) is 0 Å². The monoisotopic (exact) mass is 500 g/mol. The zero-order valence-corrected chi connectivity index (χ0v) is 20.2. The molecule has 0 unspecified atom stereocenters. The number of fused-ring (bicyclic) bond motifs is 1. The first-order chi connectivity index (χ1) is 14.3. The highest BCUT2D eigenvalue weighted by Crippen LogP contribution is 2.32. The molecule has 0 bridgehead atoms. The highest BCUT2D eigenvalue weighted by atomic mass is 35.5. The third kappa shape index (κ3) is 7.05. The molecule has 1 heterocycles. The van der Waals surface area contributed by atoms with Crippen molar-refractivity contribution in [2.24, 2.45) is 0 Å². The number of nitro groups is 1. The van der Waals surface area contributed by atoms with Gasteiger partial charge in [0.15, 0.2) is 5.13 Å². The van der Waals surface area contributed by atoms with Gasteiger partial charge in [0.25, 0.3) is 5.69 Å². The summed E-state index contributed by atoms with van der Waals surface area (Å²) in [5.41, 5.74) is 0.665. The maximum Gasteiger partial charge on any atom is 0.270 e. The molecule has 0 fully saturated rings. The molecule has 31 heavy (non-hydrogen) atoms. The minimum Gasteiger partial charge on any atom is -0.309 e. The van der Waals surface area contributed by atoms with Crippen molar-refractivity contribution in [1.82, 2.24) is 9.88 Å². The molecule has 0 spiro atoms. The molecule has 0 saturated heterocycles. The summed E-state index contributed by atoms with van der Waals surface area (Å²) in [7, 11) is 3.97. The smallest absolute Gasteiger partial charge is 0.270 e. The summed E-state index contributed by atoms with van der Waals surface area (Å²) >= 11 is 8.66. The molecule has 0 aliphatic carbocycles. The number of nitro benzene ring substituents is 1. The molecule has 0 atom stereocenters. The lowest BCUT2D eigenvalue weighted by Crippen LogP contribution is -2.34. The number of benzene rings is 2. The molecule has 0 aliphatic rings. The first-order valence-electron chi connectivity index (χ1n) is 9.22. The van der Waals surface area contributed by atoms with Gasteiger partial charge < -0.3 is 4.90 Å². The van der Waals surface area contributed by atoms with Gasteiger partial charge in [-0.05, 0) is 57.4 Å².